The Morgan fingerprint density at radius 2 is 1.70 bits per heavy atom. The molecule has 4 N–H and O–H groups in total. The van der Waals surface area contributed by atoms with Crippen LogP contribution in [0.3, 0.4) is 0 Å². The molecule has 2 aliphatic heterocycles. The van der Waals surface area contributed by atoms with E-state index in [0.717, 1.165) is 29.4 Å². The molecule has 0 saturated carbocycles. The monoisotopic (exact) mass is 629 g/mol. The molecule has 3 aromatic rings. The molecular formula is C31H39N3O7S2. The fourth-order valence-corrected chi connectivity index (χ4v) is 7.77. The third kappa shape index (κ3) is 7.63. The SMILES string of the molecule is CS(=O)(=O)c1cccc(OCC(O)CNC2COC3(CCN(S(=O)(=O)c4cccc(-c5ccc(CN)cc5)c4)CC3)C2)c1. The number of aliphatic hydroxyl groups is 1. The lowest BCUT2D eigenvalue weighted by Crippen LogP contribution is -2.47. The molecule has 2 aliphatic rings. The van der Waals surface area contributed by atoms with Gasteiger partial charge in [-0.15, -0.1) is 0 Å². The van der Waals surface area contributed by atoms with Crippen LogP contribution in [-0.4, -0.2) is 83.1 Å². The van der Waals surface area contributed by atoms with Crippen molar-refractivity contribution < 1.29 is 31.4 Å². The van der Waals surface area contributed by atoms with E-state index in [1.54, 1.807) is 34.6 Å². The summed E-state index contributed by atoms with van der Waals surface area (Å²) in [6.07, 6.45) is 2.23. The molecular weight excluding hydrogens is 590 g/mol. The Bertz CT molecular complexity index is 1620. The number of hydrogen-bond acceptors (Lipinski definition) is 9. The number of nitrogens with one attached hydrogen (secondary N) is 1. The van der Waals surface area contributed by atoms with Gasteiger partial charge in [0.1, 0.15) is 18.5 Å². The highest BCUT2D eigenvalue weighted by molar-refractivity contribution is 7.90. The molecule has 232 valence electrons. The number of ether oxygens (including phenoxy) is 2. The molecule has 2 fully saturated rings. The minimum Gasteiger partial charge on any atom is -0.491 e. The zero-order valence-electron chi connectivity index (χ0n) is 24.2. The molecule has 43 heavy (non-hydrogen) atoms. The van der Waals surface area contributed by atoms with Crippen molar-refractivity contribution in [3.05, 3.63) is 78.4 Å². The molecule has 12 heteroatoms. The molecule has 2 atom stereocenters. The number of rotatable bonds is 11. The average molecular weight is 630 g/mol. The summed E-state index contributed by atoms with van der Waals surface area (Å²) in [6, 6.07) is 21.0. The Labute approximate surface area is 253 Å². The molecule has 10 nitrogen and oxygen atoms in total. The predicted molar refractivity (Wildman–Crippen MR) is 164 cm³/mol. The fourth-order valence-electron chi connectivity index (χ4n) is 5.63. The molecule has 0 aromatic heterocycles. The van der Waals surface area contributed by atoms with Crippen LogP contribution in [0.25, 0.3) is 11.1 Å². The van der Waals surface area contributed by atoms with E-state index in [1.165, 1.54) is 12.1 Å². The maximum Gasteiger partial charge on any atom is 0.243 e. The summed E-state index contributed by atoms with van der Waals surface area (Å²) in [5.74, 6) is 0.375. The summed E-state index contributed by atoms with van der Waals surface area (Å²) in [5, 5.41) is 13.8. The highest BCUT2D eigenvalue weighted by atomic mass is 32.2. The van der Waals surface area contributed by atoms with Gasteiger partial charge >= 0.3 is 0 Å². The second-order valence-electron chi connectivity index (χ2n) is 11.3. The van der Waals surface area contributed by atoms with Crippen LogP contribution in [0.1, 0.15) is 24.8 Å². The van der Waals surface area contributed by atoms with Gasteiger partial charge in [0.2, 0.25) is 10.0 Å². The van der Waals surface area contributed by atoms with E-state index in [4.69, 9.17) is 15.2 Å². The highest BCUT2D eigenvalue weighted by Crippen LogP contribution is 2.37. The highest BCUT2D eigenvalue weighted by Gasteiger charge is 2.44. The molecule has 0 bridgehead atoms. The van der Waals surface area contributed by atoms with Gasteiger partial charge in [-0.2, -0.15) is 4.31 Å². The zero-order valence-corrected chi connectivity index (χ0v) is 25.8. The third-order valence-electron chi connectivity index (χ3n) is 8.16. The lowest BCUT2D eigenvalue weighted by molar-refractivity contribution is -0.0312. The van der Waals surface area contributed by atoms with Gasteiger partial charge < -0.3 is 25.6 Å². The lowest BCUT2D eigenvalue weighted by atomic mass is 9.88. The van der Waals surface area contributed by atoms with E-state index >= 15 is 0 Å². The lowest BCUT2D eigenvalue weighted by Gasteiger charge is -2.38. The van der Waals surface area contributed by atoms with Crippen LogP contribution in [-0.2, 0) is 31.1 Å². The van der Waals surface area contributed by atoms with Crippen LogP contribution in [0.15, 0.2) is 82.6 Å². The molecule has 5 rings (SSSR count). The van der Waals surface area contributed by atoms with Crippen LogP contribution in [0, 0.1) is 0 Å². The van der Waals surface area contributed by atoms with Crippen LogP contribution < -0.4 is 15.8 Å². The standard InChI is InChI=1S/C31H39N3O7S2/c1-42(36,37)29-6-3-5-28(17-29)40-22-27(35)20-33-26-18-31(41-21-26)12-14-34(15-13-31)43(38,39)30-7-2-4-25(16-30)24-10-8-23(19-32)9-11-24/h2-11,16-17,26-27,33,35H,12-15,18-22,32H2,1H3. The molecule has 0 amide bonds. The Morgan fingerprint density at radius 3 is 2.40 bits per heavy atom. The van der Waals surface area contributed by atoms with Crippen LogP contribution in [0.4, 0.5) is 0 Å². The normalized spacial score (nSPS) is 19.8. The first-order chi connectivity index (χ1) is 20.5. The van der Waals surface area contributed by atoms with Gasteiger partial charge in [-0.1, -0.05) is 42.5 Å². The minimum atomic E-state index is -3.66. The number of nitrogens with two attached hydrogens (primary N) is 1. The number of piperidine rings is 1. The first-order valence-electron chi connectivity index (χ1n) is 14.4. The van der Waals surface area contributed by atoms with Crippen molar-refractivity contribution >= 4 is 19.9 Å². The number of aliphatic hydroxyl groups excluding tert-OH is 1. The van der Waals surface area contributed by atoms with Crippen molar-refractivity contribution in [2.45, 2.75) is 53.3 Å². The van der Waals surface area contributed by atoms with Crippen LogP contribution >= 0.6 is 0 Å². The summed E-state index contributed by atoms with van der Waals surface area (Å²) < 4.78 is 63.9. The summed E-state index contributed by atoms with van der Waals surface area (Å²) in [4.78, 5) is 0.433. The second-order valence-corrected chi connectivity index (χ2v) is 15.3. The second kappa shape index (κ2) is 13.0. The van der Waals surface area contributed by atoms with Crippen LogP contribution in [0.5, 0.6) is 5.75 Å². The van der Waals surface area contributed by atoms with E-state index in [9.17, 15) is 21.9 Å². The largest absolute Gasteiger partial charge is 0.491 e. The molecule has 2 saturated heterocycles. The Morgan fingerprint density at radius 1 is 1.00 bits per heavy atom. The fraction of sp³-hybridized carbons (Fsp3) is 0.419. The third-order valence-corrected chi connectivity index (χ3v) is 11.2. The zero-order chi connectivity index (χ0) is 30.7. The topological polar surface area (TPSA) is 148 Å². The van der Waals surface area contributed by atoms with Gasteiger partial charge in [-0.3, -0.25) is 0 Å². The summed E-state index contributed by atoms with van der Waals surface area (Å²) in [6.45, 7) is 1.95. The van der Waals surface area contributed by atoms with E-state index in [-0.39, 0.29) is 29.0 Å². The van der Waals surface area contributed by atoms with Gasteiger partial charge in [0, 0.05) is 38.5 Å². The molecule has 3 aromatic carbocycles. The first-order valence-corrected chi connectivity index (χ1v) is 17.7. The van der Waals surface area contributed by atoms with Crippen molar-refractivity contribution in [1.82, 2.24) is 9.62 Å². The van der Waals surface area contributed by atoms with Crippen LogP contribution in [0.2, 0.25) is 0 Å². The number of hydrogen-bond donors (Lipinski definition) is 3. The van der Waals surface area contributed by atoms with E-state index in [1.807, 2.05) is 30.3 Å². The van der Waals surface area contributed by atoms with Crippen molar-refractivity contribution in [2.24, 2.45) is 5.73 Å². The number of benzene rings is 3. The minimum absolute atomic E-state index is 0.00592. The number of sulfone groups is 1. The molecule has 2 unspecified atom stereocenters. The maximum atomic E-state index is 13.5. The molecule has 2 heterocycles. The Hall–Kier alpha value is -2.84. The summed E-state index contributed by atoms with van der Waals surface area (Å²) in [5.41, 5.74) is 8.08. The number of sulfonamides is 1. The van der Waals surface area contributed by atoms with Crippen molar-refractivity contribution in [1.29, 1.82) is 0 Å². The van der Waals surface area contributed by atoms with E-state index in [0.29, 0.717) is 44.8 Å². The first kappa shape index (κ1) is 31.6. The van der Waals surface area contributed by atoms with E-state index in [2.05, 4.69) is 5.32 Å². The summed E-state index contributed by atoms with van der Waals surface area (Å²) >= 11 is 0. The summed E-state index contributed by atoms with van der Waals surface area (Å²) in [7, 11) is -7.01. The van der Waals surface area contributed by atoms with Crippen molar-refractivity contribution in [3.63, 3.8) is 0 Å². The molecule has 0 radical (unpaired) electrons. The van der Waals surface area contributed by atoms with Gasteiger partial charge in [0.15, 0.2) is 9.84 Å². The van der Waals surface area contributed by atoms with E-state index < -0.39 is 31.6 Å². The molecule has 1 spiro atoms. The number of nitrogens with zero attached hydrogens (tertiary/aromatic N) is 1. The quantitative estimate of drug-likeness (QED) is 0.291. The average Bonchev–Trinajstić information content (AvgIpc) is 3.41. The van der Waals surface area contributed by atoms with Gasteiger partial charge in [-0.05, 0) is 66.3 Å². The Kier molecular flexibility index (Phi) is 9.57. The smallest absolute Gasteiger partial charge is 0.243 e. The van der Waals surface area contributed by atoms with Gasteiger partial charge in [-0.25, -0.2) is 16.8 Å². The van der Waals surface area contributed by atoms with Crippen molar-refractivity contribution in [2.75, 3.05) is 39.1 Å². The maximum absolute atomic E-state index is 13.5. The Balaban J connectivity index is 1.11. The van der Waals surface area contributed by atoms with Crippen molar-refractivity contribution in [3.8, 4) is 16.9 Å². The predicted octanol–water partition coefficient (Wildman–Crippen LogP) is 2.56. The molecule has 0 aliphatic carbocycles. The van der Waals surface area contributed by atoms with Gasteiger partial charge in [0.25, 0.3) is 0 Å². The van der Waals surface area contributed by atoms with Gasteiger partial charge in [0.05, 0.1) is 22.0 Å².